The number of anilines is 1. The summed E-state index contributed by atoms with van der Waals surface area (Å²) in [6, 6.07) is 3.24. The molecule has 1 heterocycles. The first kappa shape index (κ1) is 13.2. The summed E-state index contributed by atoms with van der Waals surface area (Å²) in [4.78, 5) is 11.2. The van der Waals surface area contributed by atoms with E-state index in [1.165, 1.54) is 13.0 Å². The molecule has 0 bridgehead atoms. The summed E-state index contributed by atoms with van der Waals surface area (Å²) in [5.74, 6) is -0.165. The van der Waals surface area contributed by atoms with Crippen molar-refractivity contribution in [2.45, 2.75) is 32.2 Å². The summed E-state index contributed by atoms with van der Waals surface area (Å²) < 4.78 is 0. The van der Waals surface area contributed by atoms with Gasteiger partial charge >= 0.3 is 0 Å². The third-order valence-electron chi connectivity index (χ3n) is 3.13. The Labute approximate surface area is 111 Å². The van der Waals surface area contributed by atoms with Gasteiger partial charge in [-0.15, -0.1) is 0 Å². The van der Waals surface area contributed by atoms with Crippen molar-refractivity contribution in [3.05, 3.63) is 22.7 Å². The van der Waals surface area contributed by atoms with E-state index in [1.54, 1.807) is 6.07 Å². The number of phenols is 1. The van der Waals surface area contributed by atoms with Crippen molar-refractivity contribution in [2.75, 3.05) is 11.9 Å². The van der Waals surface area contributed by atoms with E-state index in [2.05, 4.69) is 10.6 Å². The second kappa shape index (κ2) is 5.59. The smallest absolute Gasteiger partial charge is 0.221 e. The molecule has 0 radical (unpaired) electrons. The van der Waals surface area contributed by atoms with E-state index in [0.29, 0.717) is 10.7 Å². The first-order valence-electron chi connectivity index (χ1n) is 6.12. The molecule has 3 N–H and O–H groups in total. The number of benzene rings is 1. The zero-order valence-electron chi connectivity index (χ0n) is 10.3. The first-order chi connectivity index (χ1) is 8.59. The van der Waals surface area contributed by atoms with Gasteiger partial charge < -0.3 is 15.7 Å². The number of aromatic hydroxyl groups is 1. The molecule has 1 atom stereocenters. The lowest BCUT2D eigenvalue weighted by molar-refractivity contribution is -0.114. The molecule has 18 heavy (non-hydrogen) atoms. The fraction of sp³-hybridized carbons (Fsp3) is 0.462. The Morgan fingerprint density at radius 3 is 2.89 bits per heavy atom. The van der Waals surface area contributed by atoms with Crippen molar-refractivity contribution in [1.29, 1.82) is 0 Å². The van der Waals surface area contributed by atoms with Crippen LogP contribution in [0, 0.1) is 0 Å². The van der Waals surface area contributed by atoms with Gasteiger partial charge in [0.1, 0.15) is 5.75 Å². The summed E-state index contributed by atoms with van der Waals surface area (Å²) in [6.45, 7) is 2.34. The van der Waals surface area contributed by atoms with E-state index < -0.39 is 0 Å². The predicted molar refractivity (Wildman–Crippen MR) is 72.0 cm³/mol. The average Bonchev–Trinajstić information content (AvgIpc) is 2.35. The monoisotopic (exact) mass is 268 g/mol. The van der Waals surface area contributed by atoms with Gasteiger partial charge in [0.05, 0.1) is 5.69 Å². The van der Waals surface area contributed by atoms with Gasteiger partial charge in [-0.3, -0.25) is 4.79 Å². The highest BCUT2D eigenvalue weighted by molar-refractivity contribution is 6.32. The highest BCUT2D eigenvalue weighted by Crippen LogP contribution is 2.39. The van der Waals surface area contributed by atoms with Crippen LogP contribution in [0.2, 0.25) is 5.02 Å². The highest BCUT2D eigenvalue weighted by atomic mass is 35.5. The van der Waals surface area contributed by atoms with Gasteiger partial charge in [-0.2, -0.15) is 0 Å². The molecule has 4 nitrogen and oxygen atoms in total. The summed E-state index contributed by atoms with van der Waals surface area (Å²) in [6.07, 6.45) is 3.21. The maximum absolute atomic E-state index is 11.2. The minimum Gasteiger partial charge on any atom is -0.506 e. The summed E-state index contributed by atoms with van der Waals surface area (Å²) in [7, 11) is 0. The number of piperidine rings is 1. The topological polar surface area (TPSA) is 61.4 Å². The molecule has 98 valence electrons. The second-order valence-electron chi connectivity index (χ2n) is 4.54. The predicted octanol–water partition coefficient (Wildman–Crippen LogP) is 2.82. The van der Waals surface area contributed by atoms with E-state index in [1.807, 2.05) is 0 Å². The SMILES string of the molecule is CC(=O)Nc1c(O)ccc(Cl)c1C1CCCCN1. The van der Waals surface area contributed by atoms with Crippen LogP contribution in [0.25, 0.3) is 0 Å². The van der Waals surface area contributed by atoms with Crippen molar-refractivity contribution >= 4 is 23.2 Å². The zero-order chi connectivity index (χ0) is 13.1. The van der Waals surface area contributed by atoms with Crippen LogP contribution in [0.3, 0.4) is 0 Å². The fourth-order valence-electron chi connectivity index (χ4n) is 2.33. The Hall–Kier alpha value is -1.26. The van der Waals surface area contributed by atoms with E-state index in [0.717, 1.165) is 31.4 Å². The van der Waals surface area contributed by atoms with Gasteiger partial charge in [-0.25, -0.2) is 0 Å². The lowest BCUT2D eigenvalue weighted by Crippen LogP contribution is -2.28. The third-order valence-corrected chi connectivity index (χ3v) is 3.46. The van der Waals surface area contributed by atoms with Crippen LogP contribution in [0.4, 0.5) is 5.69 Å². The largest absolute Gasteiger partial charge is 0.506 e. The summed E-state index contributed by atoms with van der Waals surface area (Å²) in [5, 5.41) is 16.5. The molecule has 1 aliphatic rings. The van der Waals surface area contributed by atoms with Crippen LogP contribution in [-0.4, -0.2) is 17.6 Å². The van der Waals surface area contributed by atoms with E-state index in [9.17, 15) is 9.90 Å². The zero-order valence-corrected chi connectivity index (χ0v) is 11.0. The van der Waals surface area contributed by atoms with Crippen molar-refractivity contribution < 1.29 is 9.90 Å². The van der Waals surface area contributed by atoms with Gasteiger partial charge in [-0.05, 0) is 31.5 Å². The Morgan fingerprint density at radius 1 is 1.50 bits per heavy atom. The van der Waals surface area contributed by atoms with Crippen LogP contribution in [0.15, 0.2) is 12.1 Å². The molecule has 2 rings (SSSR count). The van der Waals surface area contributed by atoms with Gasteiger partial charge in [0, 0.05) is 23.6 Å². The Kier molecular flexibility index (Phi) is 4.09. The maximum atomic E-state index is 11.2. The van der Waals surface area contributed by atoms with Crippen LogP contribution in [0.5, 0.6) is 5.75 Å². The van der Waals surface area contributed by atoms with Crippen LogP contribution >= 0.6 is 11.6 Å². The Morgan fingerprint density at radius 2 is 2.28 bits per heavy atom. The van der Waals surface area contributed by atoms with E-state index >= 15 is 0 Å². The number of carbonyl (C=O) groups excluding carboxylic acids is 1. The number of phenolic OH excluding ortho intramolecular Hbond substituents is 1. The van der Waals surface area contributed by atoms with E-state index in [4.69, 9.17) is 11.6 Å². The lowest BCUT2D eigenvalue weighted by Gasteiger charge is -2.27. The van der Waals surface area contributed by atoms with Crippen molar-refractivity contribution in [1.82, 2.24) is 5.32 Å². The molecule has 1 fully saturated rings. The molecule has 0 saturated carbocycles. The van der Waals surface area contributed by atoms with Crippen molar-refractivity contribution in [2.24, 2.45) is 0 Å². The summed E-state index contributed by atoms with van der Waals surface area (Å²) in [5.41, 5.74) is 1.21. The maximum Gasteiger partial charge on any atom is 0.221 e. The standard InChI is InChI=1S/C13H17ClN2O2/c1-8(17)16-13-11(18)6-5-9(14)12(13)10-4-2-3-7-15-10/h5-6,10,15,18H,2-4,7H2,1H3,(H,16,17). The molecule has 1 unspecified atom stereocenters. The highest BCUT2D eigenvalue weighted by Gasteiger charge is 2.23. The normalized spacial score (nSPS) is 19.6. The number of hydrogen-bond donors (Lipinski definition) is 3. The second-order valence-corrected chi connectivity index (χ2v) is 4.95. The first-order valence-corrected chi connectivity index (χ1v) is 6.49. The molecule has 1 aromatic rings. The van der Waals surface area contributed by atoms with Gasteiger partial charge in [0.2, 0.25) is 5.91 Å². The molecule has 1 saturated heterocycles. The lowest BCUT2D eigenvalue weighted by atomic mass is 9.95. The van der Waals surface area contributed by atoms with E-state index in [-0.39, 0.29) is 17.7 Å². The number of nitrogens with one attached hydrogen (secondary N) is 2. The molecular formula is C13H17ClN2O2. The van der Waals surface area contributed by atoms with Crippen LogP contribution in [0.1, 0.15) is 37.8 Å². The number of amides is 1. The number of halogens is 1. The Balaban J connectivity index is 2.41. The number of hydrogen-bond acceptors (Lipinski definition) is 3. The number of carbonyl (C=O) groups is 1. The Bertz CT molecular complexity index is 457. The van der Waals surface area contributed by atoms with Gasteiger partial charge in [0.25, 0.3) is 0 Å². The van der Waals surface area contributed by atoms with Crippen LogP contribution in [-0.2, 0) is 4.79 Å². The fourth-order valence-corrected chi connectivity index (χ4v) is 2.62. The molecular weight excluding hydrogens is 252 g/mol. The molecule has 1 aliphatic heterocycles. The summed E-state index contributed by atoms with van der Waals surface area (Å²) >= 11 is 6.22. The molecule has 0 aromatic heterocycles. The number of rotatable bonds is 2. The average molecular weight is 269 g/mol. The minimum absolute atomic E-state index is 0.0528. The molecule has 0 spiro atoms. The quantitative estimate of drug-likeness (QED) is 0.723. The molecule has 5 heteroatoms. The minimum atomic E-state index is -0.218. The van der Waals surface area contributed by atoms with Gasteiger partial charge in [-0.1, -0.05) is 18.0 Å². The van der Waals surface area contributed by atoms with Crippen molar-refractivity contribution in [3.63, 3.8) is 0 Å². The van der Waals surface area contributed by atoms with Crippen LogP contribution < -0.4 is 10.6 Å². The molecule has 1 amide bonds. The van der Waals surface area contributed by atoms with Gasteiger partial charge in [0.15, 0.2) is 0 Å². The molecule has 0 aliphatic carbocycles. The molecule has 1 aromatic carbocycles. The van der Waals surface area contributed by atoms with Crippen molar-refractivity contribution in [3.8, 4) is 5.75 Å². The third kappa shape index (κ3) is 2.76.